The third-order valence-corrected chi connectivity index (χ3v) is 6.52. The maximum absolute atomic E-state index is 13.5. The first-order valence-corrected chi connectivity index (χ1v) is 11.1. The molecule has 2 aromatic carbocycles. The van der Waals surface area contributed by atoms with Gasteiger partial charge in [-0.2, -0.15) is 5.10 Å². The van der Waals surface area contributed by atoms with Gasteiger partial charge in [0.1, 0.15) is 17.5 Å². The Labute approximate surface area is 196 Å². The van der Waals surface area contributed by atoms with Crippen molar-refractivity contribution in [3.05, 3.63) is 65.5 Å². The zero-order valence-electron chi connectivity index (χ0n) is 19.2. The van der Waals surface area contributed by atoms with Crippen molar-refractivity contribution in [2.45, 2.75) is 25.4 Å². The Hall–Kier alpha value is -4.14. The van der Waals surface area contributed by atoms with Gasteiger partial charge in [0.15, 0.2) is 0 Å². The number of hydrogen-bond donors (Lipinski definition) is 2. The number of anilines is 1. The van der Waals surface area contributed by atoms with Crippen LogP contribution in [0.5, 0.6) is 5.75 Å². The van der Waals surface area contributed by atoms with E-state index in [4.69, 9.17) is 4.74 Å². The lowest BCUT2D eigenvalue weighted by Gasteiger charge is -2.24. The summed E-state index contributed by atoms with van der Waals surface area (Å²) in [6.45, 7) is 2.23. The number of nitrogens with one attached hydrogen (secondary N) is 2. The molecule has 0 spiro atoms. The van der Waals surface area contributed by atoms with Gasteiger partial charge in [-0.05, 0) is 54.8 Å². The van der Waals surface area contributed by atoms with Crippen LogP contribution < -0.4 is 15.4 Å². The van der Waals surface area contributed by atoms with Crippen molar-refractivity contribution in [1.29, 1.82) is 0 Å². The normalized spacial score (nSPS) is 19.2. The molecular weight excluding hydrogens is 434 g/mol. The molecular formula is C25H25N5O4. The number of amides is 3. The fourth-order valence-corrected chi connectivity index (χ4v) is 4.56. The minimum absolute atomic E-state index is 0.237. The molecule has 2 aliphatic heterocycles. The minimum atomic E-state index is -0.793. The highest BCUT2D eigenvalue weighted by Crippen LogP contribution is 2.32. The highest BCUT2D eigenvalue weighted by Gasteiger charge is 2.45. The Balaban J connectivity index is 1.41. The molecule has 9 heteroatoms. The van der Waals surface area contributed by atoms with Crippen molar-refractivity contribution in [1.82, 2.24) is 20.0 Å². The lowest BCUT2D eigenvalue weighted by Crippen LogP contribution is -2.51. The second-order valence-corrected chi connectivity index (χ2v) is 8.58. The monoisotopic (exact) mass is 459 g/mol. The van der Waals surface area contributed by atoms with E-state index in [1.165, 1.54) is 0 Å². The first-order chi connectivity index (χ1) is 16.4. The van der Waals surface area contributed by atoms with Crippen molar-refractivity contribution in [2.24, 2.45) is 7.05 Å². The highest BCUT2D eigenvalue weighted by atomic mass is 16.5. The molecule has 3 heterocycles. The summed E-state index contributed by atoms with van der Waals surface area (Å²) in [5.41, 5.74) is 3.82. The molecule has 0 aliphatic carbocycles. The molecule has 9 nitrogen and oxygen atoms in total. The summed E-state index contributed by atoms with van der Waals surface area (Å²) >= 11 is 0. The van der Waals surface area contributed by atoms with Crippen LogP contribution in [0.25, 0.3) is 11.1 Å². The van der Waals surface area contributed by atoms with Gasteiger partial charge in [0, 0.05) is 19.3 Å². The maximum Gasteiger partial charge on any atom is 0.272 e. The van der Waals surface area contributed by atoms with Crippen molar-refractivity contribution < 1.29 is 19.1 Å². The molecule has 34 heavy (non-hydrogen) atoms. The predicted octanol–water partition coefficient (Wildman–Crippen LogP) is 2.37. The topological polar surface area (TPSA) is 106 Å². The standard InChI is InChI=1S/C25H25N5O4/c1-14-12-21(28-29(14)2)23(31)27-20-10-11-30-22(20)24(32)26-19-9-6-16(13-18(19)25(30)33)15-4-7-17(34-3)8-5-15/h4-9,12-13,20,22H,10-11H2,1-3H3,(H,26,32)(H,27,31)/t20-,22+/m1/s1. The van der Waals surface area contributed by atoms with Crippen LogP contribution in [0.2, 0.25) is 0 Å². The largest absolute Gasteiger partial charge is 0.497 e. The maximum atomic E-state index is 13.5. The average Bonchev–Trinajstić information content (AvgIpc) is 3.39. The van der Waals surface area contributed by atoms with E-state index in [0.29, 0.717) is 24.2 Å². The summed E-state index contributed by atoms with van der Waals surface area (Å²) in [6, 6.07) is 13.4. The van der Waals surface area contributed by atoms with E-state index in [9.17, 15) is 14.4 Å². The Bertz CT molecular complexity index is 1280. The zero-order valence-corrected chi connectivity index (χ0v) is 19.2. The molecule has 3 aromatic rings. The van der Waals surface area contributed by atoms with Crippen LogP contribution in [-0.4, -0.2) is 58.1 Å². The molecule has 2 aliphatic rings. The van der Waals surface area contributed by atoms with Gasteiger partial charge in [-0.3, -0.25) is 19.1 Å². The second kappa shape index (κ2) is 8.33. The lowest BCUT2D eigenvalue weighted by atomic mass is 10.0. The number of ether oxygens (including phenoxy) is 1. The van der Waals surface area contributed by atoms with Gasteiger partial charge in [0.05, 0.1) is 24.4 Å². The van der Waals surface area contributed by atoms with Crippen molar-refractivity contribution in [3.8, 4) is 16.9 Å². The first kappa shape index (κ1) is 21.7. The predicted molar refractivity (Wildman–Crippen MR) is 126 cm³/mol. The number of nitrogens with zero attached hydrogens (tertiary/aromatic N) is 3. The van der Waals surface area contributed by atoms with E-state index < -0.39 is 12.1 Å². The molecule has 3 amide bonds. The molecule has 0 unspecified atom stereocenters. The summed E-state index contributed by atoms with van der Waals surface area (Å²) in [7, 11) is 3.37. The van der Waals surface area contributed by atoms with Gasteiger partial charge in [0.25, 0.3) is 11.8 Å². The lowest BCUT2D eigenvalue weighted by molar-refractivity contribution is -0.120. The van der Waals surface area contributed by atoms with Crippen LogP contribution in [-0.2, 0) is 11.8 Å². The van der Waals surface area contributed by atoms with Gasteiger partial charge in [-0.25, -0.2) is 0 Å². The smallest absolute Gasteiger partial charge is 0.272 e. The molecule has 2 N–H and O–H groups in total. The second-order valence-electron chi connectivity index (χ2n) is 8.58. The number of hydrogen-bond acceptors (Lipinski definition) is 5. The summed E-state index contributed by atoms with van der Waals surface area (Å²) < 4.78 is 6.84. The average molecular weight is 460 g/mol. The molecule has 1 fully saturated rings. The number of aromatic nitrogens is 2. The van der Waals surface area contributed by atoms with Crippen molar-refractivity contribution in [3.63, 3.8) is 0 Å². The highest BCUT2D eigenvalue weighted by molar-refractivity contribution is 6.11. The molecule has 2 atom stereocenters. The molecule has 0 radical (unpaired) electrons. The van der Waals surface area contributed by atoms with E-state index >= 15 is 0 Å². The van der Waals surface area contributed by atoms with Gasteiger partial charge >= 0.3 is 0 Å². The summed E-state index contributed by atoms with van der Waals surface area (Å²) in [4.78, 5) is 40.9. The number of fused-ring (bicyclic) bond motifs is 2. The van der Waals surface area contributed by atoms with E-state index in [-0.39, 0.29) is 23.4 Å². The Morgan fingerprint density at radius 3 is 2.53 bits per heavy atom. The number of rotatable bonds is 4. The van der Waals surface area contributed by atoms with Gasteiger partial charge in [0.2, 0.25) is 5.91 Å². The Kier molecular flexibility index (Phi) is 5.31. The first-order valence-electron chi connectivity index (χ1n) is 11.1. The van der Waals surface area contributed by atoms with Crippen LogP contribution in [0.4, 0.5) is 5.69 Å². The zero-order chi connectivity index (χ0) is 24.0. The Morgan fingerprint density at radius 2 is 1.85 bits per heavy atom. The fourth-order valence-electron chi connectivity index (χ4n) is 4.56. The van der Waals surface area contributed by atoms with Crippen LogP contribution in [0.15, 0.2) is 48.5 Å². The summed E-state index contributed by atoms with van der Waals surface area (Å²) in [6.07, 6.45) is 0.481. The third-order valence-electron chi connectivity index (χ3n) is 6.52. The molecule has 1 aromatic heterocycles. The van der Waals surface area contributed by atoms with Crippen LogP contribution in [0.1, 0.15) is 33.0 Å². The summed E-state index contributed by atoms with van der Waals surface area (Å²) in [5, 5.41) is 10.00. The summed E-state index contributed by atoms with van der Waals surface area (Å²) in [5.74, 6) is -0.168. The van der Waals surface area contributed by atoms with Crippen molar-refractivity contribution in [2.75, 3.05) is 19.0 Å². The molecule has 0 saturated carbocycles. The van der Waals surface area contributed by atoms with Gasteiger partial charge in [-0.15, -0.1) is 0 Å². The van der Waals surface area contributed by atoms with Crippen molar-refractivity contribution >= 4 is 23.4 Å². The van der Waals surface area contributed by atoms with E-state index in [1.54, 1.807) is 41.9 Å². The van der Waals surface area contributed by atoms with E-state index in [2.05, 4.69) is 15.7 Å². The van der Waals surface area contributed by atoms with Crippen LogP contribution in [0, 0.1) is 6.92 Å². The number of methoxy groups -OCH3 is 1. The number of carbonyl (C=O) groups excluding carboxylic acids is 3. The molecule has 0 bridgehead atoms. The number of aryl methyl sites for hydroxylation is 2. The van der Waals surface area contributed by atoms with Gasteiger partial charge < -0.3 is 20.3 Å². The SMILES string of the molecule is COc1ccc(-c2ccc3c(c2)C(=O)N2CC[C@@H](NC(=O)c4cc(C)n(C)n4)[C@H]2C(=O)N3)cc1. The van der Waals surface area contributed by atoms with E-state index in [0.717, 1.165) is 22.6 Å². The molecule has 5 rings (SSSR count). The number of benzene rings is 2. The quantitative estimate of drug-likeness (QED) is 0.623. The molecule has 1 saturated heterocycles. The van der Waals surface area contributed by atoms with Gasteiger partial charge in [-0.1, -0.05) is 18.2 Å². The number of carbonyl (C=O) groups is 3. The van der Waals surface area contributed by atoms with E-state index in [1.807, 2.05) is 37.3 Å². The van der Waals surface area contributed by atoms with Crippen LogP contribution in [0.3, 0.4) is 0 Å². The fraction of sp³-hybridized carbons (Fsp3) is 0.280. The van der Waals surface area contributed by atoms with Crippen LogP contribution >= 0.6 is 0 Å². The minimum Gasteiger partial charge on any atom is -0.497 e. The third kappa shape index (κ3) is 3.68. The Morgan fingerprint density at radius 1 is 1.12 bits per heavy atom. The molecule has 174 valence electrons.